The Morgan fingerprint density at radius 3 is 2.43 bits per heavy atom. The van der Waals surface area contributed by atoms with Gasteiger partial charge in [0.05, 0.1) is 11.7 Å². The molecule has 1 aliphatic rings. The molecule has 6 heteroatoms. The molecule has 116 valence electrons. The number of aromatic nitrogens is 2. The normalized spacial score (nSPS) is 15.1. The Hall–Kier alpha value is -2.47. The highest BCUT2D eigenvalue weighted by molar-refractivity contribution is 7.00. The van der Waals surface area contributed by atoms with E-state index in [0.717, 1.165) is 37.2 Å². The lowest BCUT2D eigenvalue weighted by atomic mass is 10.1. The third-order valence-corrected chi connectivity index (χ3v) is 4.75. The first kappa shape index (κ1) is 14.1. The zero-order chi connectivity index (χ0) is 15.6. The van der Waals surface area contributed by atoms with Gasteiger partial charge in [-0.25, -0.2) is 0 Å². The van der Waals surface area contributed by atoms with E-state index in [1.54, 1.807) is 0 Å². The fourth-order valence-electron chi connectivity index (χ4n) is 2.90. The molecule has 2 aromatic carbocycles. The lowest BCUT2D eigenvalue weighted by molar-refractivity contribution is 0.0747. The summed E-state index contributed by atoms with van der Waals surface area (Å²) >= 11 is 1.18. The first-order chi connectivity index (χ1) is 11.3. The number of rotatable bonds is 2. The van der Waals surface area contributed by atoms with Crippen molar-refractivity contribution < 1.29 is 4.79 Å². The van der Waals surface area contributed by atoms with E-state index >= 15 is 0 Å². The summed E-state index contributed by atoms with van der Waals surface area (Å²) in [4.78, 5) is 16.9. The summed E-state index contributed by atoms with van der Waals surface area (Å²) in [6, 6.07) is 15.9. The number of amides is 1. The molecule has 1 aromatic heterocycles. The van der Waals surface area contributed by atoms with Gasteiger partial charge in [-0.2, -0.15) is 8.75 Å². The number of para-hydroxylation sites is 1. The molecule has 5 nitrogen and oxygen atoms in total. The number of carbonyl (C=O) groups excluding carboxylic acids is 1. The molecule has 3 aromatic rings. The molecule has 0 radical (unpaired) electrons. The van der Waals surface area contributed by atoms with Crippen LogP contribution in [-0.4, -0.2) is 45.7 Å². The molecule has 4 rings (SSSR count). The summed E-state index contributed by atoms with van der Waals surface area (Å²) < 4.78 is 8.38. The molecule has 1 amide bonds. The number of benzene rings is 2. The molecule has 0 saturated carbocycles. The standard InChI is InChI=1S/C17H16N4OS/c22-17(13-6-7-15-16(12-13)19-23-18-15)21-10-8-20(9-11-21)14-4-2-1-3-5-14/h1-7,12H,8-11H2. The minimum absolute atomic E-state index is 0.0765. The summed E-state index contributed by atoms with van der Waals surface area (Å²) in [6.07, 6.45) is 0. The summed E-state index contributed by atoms with van der Waals surface area (Å²) in [7, 11) is 0. The monoisotopic (exact) mass is 324 g/mol. The number of anilines is 1. The van der Waals surface area contributed by atoms with Gasteiger partial charge in [0.1, 0.15) is 11.0 Å². The van der Waals surface area contributed by atoms with Crippen LogP contribution in [-0.2, 0) is 0 Å². The second-order valence-electron chi connectivity index (χ2n) is 5.58. The van der Waals surface area contributed by atoms with Crippen molar-refractivity contribution >= 4 is 34.4 Å². The van der Waals surface area contributed by atoms with Crippen molar-refractivity contribution in [3.8, 4) is 0 Å². The highest BCUT2D eigenvalue weighted by Crippen LogP contribution is 2.18. The second kappa shape index (κ2) is 5.96. The first-order valence-electron chi connectivity index (χ1n) is 7.63. The van der Waals surface area contributed by atoms with E-state index in [1.807, 2.05) is 41.3 Å². The van der Waals surface area contributed by atoms with E-state index in [0.29, 0.717) is 5.56 Å². The molecule has 0 N–H and O–H groups in total. The zero-order valence-corrected chi connectivity index (χ0v) is 13.4. The summed E-state index contributed by atoms with van der Waals surface area (Å²) in [5.41, 5.74) is 3.55. The van der Waals surface area contributed by atoms with Crippen molar-refractivity contribution in [2.24, 2.45) is 0 Å². The van der Waals surface area contributed by atoms with E-state index in [-0.39, 0.29) is 5.91 Å². The number of hydrogen-bond acceptors (Lipinski definition) is 5. The maximum absolute atomic E-state index is 12.7. The Kier molecular flexibility index (Phi) is 3.67. The Labute approximate surface area is 138 Å². The number of nitrogens with zero attached hydrogens (tertiary/aromatic N) is 4. The van der Waals surface area contributed by atoms with Crippen molar-refractivity contribution in [2.45, 2.75) is 0 Å². The summed E-state index contributed by atoms with van der Waals surface area (Å²) in [6.45, 7) is 3.19. The minimum atomic E-state index is 0.0765. The quantitative estimate of drug-likeness (QED) is 0.727. The lowest BCUT2D eigenvalue weighted by Gasteiger charge is -2.36. The van der Waals surface area contributed by atoms with Crippen molar-refractivity contribution in [2.75, 3.05) is 31.1 Å². The van der Waals surface area contributed by atoms with Crippen molar-refractivity contribution in [1.82, 2.24) is 13.6 Å². The maximum atomic E-state index is 12.7. The minimum Gasteiger partial charge on any atom is -0.368 e. The van der Waals surface area contributed by atoms with Gasteiger partial charge in [0.2, 0.25) is 0 Å². The van der Waals surface area contributed by atoms with Crippen LogP contribution >= 0.6 is 11.7 Å². The van der Waals surface area contributed by atoms with Gasteiger partial charge in [0.25, 0.3) is 5.91 Å². The topological polar surface area (TPSA) is 49.3 Å². The van der Waals surface area contributed by atoms with Gasteiger partial charge in [-0.3, -0.25) is 4.79 Å². The average molecular weight is 324 g/mol. The highest BCUT2D eigenvalue weighted by Gasteiger charge is 2.22. The average Bonchev–Trinajstić information content (AvgIpc) is 3.10. The number of hydrogen-bond donors (Lipinski definition) is 0. The smallest absolute Gasteiger partial charge is 0.254 e. The van der Waals surface area contributed by atoms with Gasteiger partial charge in [0, 0.05) is 37.4 Å². The van der Waals surface area contributed by atoms with E-state index in [2.05, 4.69) is 25.8 Å². The predicted octanol–water partition coefficient (Wildman–Crippen LogP) is 2.65. The Morgan fingerprint density at radius 1 is 0.913 bits per heavy atom. The fourth-order valence-corrected chi connectivity index (χ4v) is 3.42. The maximum Gasteiger partial charge on any atom is 0.254 e. The van der Waals surface area contributed by atoms with Crippen molar-refractivity contribution in [1.29, 1.82) is 0 Å². The molecule has 0 spiro atoms. The third kappa shape index (κ3) is 2.77. The van der Waals surface area contributed by atoms with Crippen molar-refractivity contribution in [3.63, 3.8) is 0 Å². The highest BCUT2D eigenvalue weighted by atomic mass is 32.1. The summed E-state index contributed by atoms with van der Waals surface area (Å²) in [5, 5.41) is 0. The number of fused-ring (bicyclic) bond motifs is 1. The Morgan fingerprint density at radius 2 is 1.65 bits per heavy atom. The van der Waals surface area contributed by atoms with Gasteiger partial charge in [-0.05, 0) is 30.3 Å². The van der Waals surface area contributed by atoms with Gasteiger partial charge >= 0.3 is 0 Å². The van der Waals surface area contributed by atoms with Gasteiger partial charge < -0.3 is 9.80 Å². The molecule has 0 atom stereocenters. The molecule has 1 saturated heterocycles. The van der Waals surface area contributed by atoms with Crippen LogP contribution in [0.15, 0.2) is 48.5 Å². The SMILES string of the molecule is O=C(c1ccc2nsnc2c1)N1CCN(c2ccccc2)CC1. The van der Waals surface area contributed by atoms with Crippen LogP contribution in [0.1, 0.15) is 10.4 Å². The third-order valence-electron chi connectivity index (χ3n) is 4.19. The largest absolute Gasteiger partial charge is 0.368 e. The van der Waals surface area contributed by atoms with E-state index in [1.165, 1.54) is 17.4 Å². The van der Waals surface area contributed by atoms with E-state index in [4.69, 9.17) is 0 Å². The van der Waals surface area contributed by atoms with E-state index < -0.39 is 0 Å². The molecular formula is C17H16N4OS. The molecule has 0 aliphatic carbocycles. The molecule has 0 unspecified atom stereocenters. The van der Waals surface area contributed by atoms with Gasteiger partial charge in [-0.15, -0.1) is 0 Å². The van der Waals surface area contributed by atoms with Crippen molar-refractivity contribution in [3.05, 3.63) is 54.1 Å². The molecular weight excluding hydrogens is 308 g/mol. The number of piperazine rings is 1. The van der Waals surface area contributed by atoms with Crippen LogP contribution < -0.4 is 4.90 Å². The van der Waals surface area contributed by atoms with Gasteiger partial charge in [-0.1, -0.05) is 18.2 Å². The number of carbonyl (C=O) groups is 1. The molecule has 23 heavy (non-hydrogen) atoms. The van der Waals surface area contributed by atoms with Crippen LogP contribution in [0, 0.1) is 0 Å². The van der Waals surface area contributed by atoms with Crippen LogP contribution in [0.3, 0.4) is 0 Å². The van der Waals surface area contributed by atoms with Crippen LogP contribution in [0.2, 0.25) is 0 Å². The van der Waals surface area contributed by atoms with E-state index in [9.17, 15) is 4.79 Å². The summed E-state index contributed by atoms with van der Waals surface area (Å²) in [5.74, 6) is 0.0765. The lowest BCUT2D eigenvalue weighted by Crippen LogP contribution is -2.48. The Balaban J connectivity index is 1.46. The molecule has 2 heterocycles. The second-order valence-corrected chi connectivity index (χ2v) is 6.11. The molecule has 0 bridgehead atoms. The van der Waals surface area contributed by atoms with Crippen LogP contribution in [0.25, 0.3) is 11.0 Å². The predicted molar refractivity (Wildman–Crippen MR) is 92.0 cm³/mol. The molecule has 1 fully saturated rings. The van der Waals surface area contributed by atoms with Crippen LogP contribution in [0.5, 0.6) is 0 Å². The fraction of sp³-hybridized carbons (Fsp3) is 0.235. The van der Waals surface area contributed by atoms with Crippen LogP contribution in [0.4, 0.5) is 5.69 Å². The zero-order valence-electron chi connectivity index (χ0n) is 12.6. The first-order valence-corrected chi connectivity index (χ1v) is 8.36. The molecule has 1 aliphatic heterocycles. The van der Waals surface area contributed by atoms with Gasteiger partial charge in [0.15, 0.2) is 0 Å². The Bertz CT molecular complexity index is 825.